The molecule has 3 aromatic carbocycles. The third kappa shape index (κ3) is 8.01. The highest BCUT2D eigenvalue weighted by atomic mass is 35.5. The van der Waals surface area contributed by atoms with Gasteiger partial charge in [0.2, 0.25) is 5.91 Å². The lowest BCUT2D eigenvalue weighted by Gasteiger charge is -2.43. The van der Waals surface area contributed by atoms with E-state index in [0.717, 1.165) is 56.9 Å². The fourth-order valence-corrected chi connectivity index (χ4v) is 6.71. The second kappa shape index (κ2) is 14.6. The van der Waals surface area contributed by atoms with Crippen LogP contribution in [0.15, 0.2) is 78.9 Å². The highest BCUT2D eigenvalue weighted by Crippen LogP contribution is 2.37. The number of amides is 1. The van der Waals surface area contributed by atoms with E-state index in [1.54, 1.807) is 0 Å². The molecule has 2 unspecified atom stereocenters. The van der Waals surface area contributed by atoms with Crippen molar-refractivity contribution in [2.45, 2.75) is 56.9 Å². The van der Waals surface area contributed by atoms with Gasteiger partial charge in [-0.3, -0.25) is 4.79 Å². The van der Waals surface area contributed by atoms with Crippen molar-refractivity contribution < 1.29 is 4.79 Å². The number of likely N-dealkylation sites (tertiary alicyclic amines) is 2. The highest BCUT2D eigenvalue weighted by molar-refractivity contribution is 6.42. The van der Waals surface area contributed by atoms with E-state index in [9.17, 15) is 4.79 Å². The van der Waals surface area contributed by atoms with Gasteiger partial charge in [0.05, 0.1) is 16.5 Å². The van der Waals surface area contributed by atoms with E-state index in [2.05, 4.69) is 46.2 Å². The largest absolute Gasteiger partial charge is 0.339 e. The van der Waals surface area contributed by atoms with E-state index in [0.29, 0.717) is 16.5 Å². The Bertz CT molecular complexity index is 1180. The maximum absolute atomic E-state index is 13.6. The molecule has 1 amide bonds. The SMILES string of the molecule is Cl.O=C(Cc1ccccc1)N1CCCC(c2ccc(Cl)c(Cl)c2)C1CCN1CCC(Cc2ccccc2)CC1. The van der Waals surface area contributed by atoms with Crippen molar-refractivity contribution in [1.82, 2.24) is 9.80 Å². The van der Waals surface area contributed by atoms with E-state index >= 15 is 0 Å². The number of halogens is 3. The van der Waals surface area contributed by atoms with Crippen LogP contribution in [0.4, 0.5) is 0 Å². The van der Waals surface area contributed by atoms with E-state index < -0.39 is 0 Å². The van der Waals surface area contributed by atoms with Crippen LogP contribution in [-0.2, 0) is 17.6 Å². The molecule has 2 aliphatic rings. The molecule has 0 N–H and O–H groups in total. The maximum atomic E-state index is 13.6. The van der Waals surface area contributed by atoms with Crippen LogP contribution < -0.4 is 0 Å². The molecule has 3 nitrogen and oxygen atoms in total. The number of carbonyl (C=O) groups is 1. The molecular formula is C33H39Cl3N2O. The predicted octanol–water partition coefficient (Wildman–Crippen LogP) is 8.08. The molecule has 2 heterocycles. The molecule has 3 aromatic rings. The van der Waals surface area contributed by atoms with Crippen LogP contribution in [-0.4, -0.2) is 47.9 Å². The Balaban J connectivity index is 0.00000353. The predicted molar refractivity (Wildman–Crippen MR) is 165 cm³/mol. The van der Waals surface area contributed by atoms with Gasteiger partial charge in [-0.2, -0.15) is 0 Å². The third-order valence-electron chi connectivity index (χ3n) is 8.48. The number of nitrogens with zero attached hydrogens (tertiary/aromatic N) is 2. The quantitative estimate of drug-likeness (QED) is 0.267. The summed E-state index contributed by atoms with van der Waals surface area (Å²) in [6, 6.07) is 27.2. The summed E-state index contributed by atoms with van der Waals surface area (Å²) in [6.07, 6.45) is 7.17. The maximum Gasteiger partial charge on any atom is 0.227 e. The first kappa shape index (κ1) is 29.9. The molecule has 0 bridgehead atoms. The van der Waals surface area contributed by atoms with Crippen LogP contribution in [0.5, 0.6) is 0 Å². The molecule has 2 aliphatic heterocycles. The Morgan fingerprint density at radius 2 is 1.46 bits per heavy atom. The average Bonchev–Trinajstić information content (AvgIpc) is 2.95. The molecule has 39 heavy (non-hydrogen) atoms. The first-order valence-electron chi connectivity index (χ1n) is 14.1. The lowest BCUT2D eigenvalue weighted by Crippen LogP contribution is -2.49. The fourth-order valence-electron chi connectivity index (χ4n) is 6.40. The number of hydrogen-bond donors (Lipinski definition) is 0. The monoisotopic (exact) mass is 584 g/mol. The zero-order valence-corrected chi connectivity index (χ0v) is 24.8. The van der Waals surface area contributed by atoms with Gasteiger partial charge in [0, 0.05) is 25.0 Å². The van der Waals surface area contributed by atoms with E-state index in [1.807, 2.05) is 42.5 Å². The summed E-state index contributed by atoms with van der Waals surface area (Å²) in [5, 5.41) is 1.18. The van der Waals surface area contributed by atoms with Crippen molar-refractivity contribution in [3.05, 3.63) is 106 Å². The molecule has 0 radical (unpaired) electrons. The molecular weight excluding hydrogens is 547 g/mol. The Kier molecular flexibility index (Phi) is 11.2. The first-order valence-corrected chi connectivity index (χ1v) is 14.9. The molecule has 0 saturated carbocycles. The number of hydrogen-bond acceptors (Lipinski definition) is 2. The Morgan fingerprint density at radius 3 is 2.13 bits per heavy atom. The van der Waals surface area contributed by atoms with Crippen LogP contribution in [0.25, 0.3) is 0 Å². The normalized spacial score (nSPS) is 20.4. The van der Waals surface area contributed by atoms with E-state index in [4.69, 9.17) is 23.2 Å². The topological polar surface area (TPSA) is 23.6 Å². The minimum absolute atomic E-state index is 0. The molecule has 208 valence electrons. The van der Waals surface area contributed by atoms with Crippen molar-refractivity contribution in [2.24, 2.45) is 5.92 Å². The van der Waals surface area contributed by atoms with Gasteiger partial charge in [0.15, 0.2) is 0 Å². The molecule has 0 aliphatic carbocycles. The lowest BCUT2D eigenvalue weighted by atomic mass is 9.81. The van der Waals surface area contributed by atoms with Crippen LogP contribution in [0.2, 0.25) is 10.0 Å². The smallest absolute Gasteiger partial charge is 0.227 e. The Labute approximate surface area is 249 Å². The van der Waals surface area contributed by atoms with Crippen molar-refractivity contribution in [3.63, 3.8) is 0 Å². The Morgan fingerprint density at radius 1 is 0.795 bits per heavy atom. The second-order valence-corrected chi connectivity index (χ2v) is 11.8. The van der Waals surface area contributed by atoms with Crippen LogP contribution in [0, 0.1) is 5.92 Å². The van der Waals surface area contributed by atoms with Gasteiger partial charge in [0.1, 0.15) is 0 Å². The zero-order chi connectivity index (χ0) is 26.3. The van der Waals surface area contributed by atoms with Crippen molar-refractivity contribution in [1.29, 1.82) is 0 Å². The van der Waals surface area contributed by atoms with Gasteiger partial charge in [-0.05, 0) is 86.4 Å². The molecule has 6 heteroatoms. The highest BCUT2D eigenvalue weighted by Gasteiger charge is 2.35. The summed E-state index contributed by atoms with van der Waals surface area (Å²) in [7, 11) is 0. The van der Waals surface area contributed by atoms with Crippen LogP contribution in [0.3, 0.4) is 0 Å². The summed E-state index contributed by atoms with van der Waals surface area (Å²) < 4.78 is 0. The van der Waals surface area contributed by atoms with Gasteiger partial charge in [-0.15, -0.1) is 12.4 Å². The zero-order valence-electron chi connectivity index (χ0n) is 22.5. The summed E-state index contributed by atoms with van der Waals surface area (Å²) in [5.41, 5.74) is 3.72. The van der Waals surface area contributed by atoms with E-state index in [-0.39, 0.29) is 30.3 Å². The fraction of sp³-hybridized carbons (Fsp3) is 0.424. The first-order chi connectivity index (χ1) is 18.6. The molecule has 2 atom stereocenters. The minimum atomic E-state index is 0. The molecule has 5 rings (SSSR count). The second-order valence-electron chi connectivity index (χ2n) is 11.0. The van der Waals surface area contributed by atoms with E-state index in [1.165, 1.54) is 30.4 Å². The summed E-state index contributed by atoms with van der Waals surface area (Å²) in [6.45, 7) is 4.13. The Hall–Kier alpha value is -2.04. The van der Waals surface area contributed by atoms with Gasteiger partial charge in [0.25, 0.3) is 0 Å². The average molecular weight is 586 g/mol. The number of benzene rings is 3. The molecule has 0 aromatic heterocycles. The van der Waals surface area contributed by atoms with Gasteiger partial charge in [-0.1, -0.05) is 89.9 Å². The minimum Gasteiger partial charge on any atom is -0.339 e. The standard InChI is InChI=1S/C33H38Cl2N2O.ClH/c34-30-14-13-28(24-31(30)35)29-12-7-18-37(33(38)23-26-10-5-2-6-11-26)32(29)17-21-36-19-15-27(16-20-36)22-25-8-3-1-4-9-25;/h1-6,8-11,13-14,24,27,29,32H,7,12,15-23H2;1H. The van der Waals surface area contributed by atoms with Crippen molar-refractivity contribution >= 4 is 41.5 Å². The van der Waals surface area contributed by atoms with Crippen LogP contribution in [0.1, 0.15) is 54.7 Å². The third-order valence-corrected chi connectivity index (χ3v) is 9.22. The number of piperidine rings is 2. The number of rotatable bonds is 8. The van der Waals surface area contributed by atoms with Crippen molar-refractivity contribution in [2.75, 3.05) is 26.2 Å². The molecule has 0 spiro atoms. The lowest BCUT2D eigenvalue weighted by molar-refractivity contribution is -0.135. The van der Waals surface area contributed by atoms with Gasteiger partial charge >= 0.3 is 0 Å². The van der Waals surface area contributed by atoms with Crippen molar-refractivity contribution in [3.8, 4) is 0 Å². The summed E-state index contributed by atoms with van der Waals surface area (Å²) >= 11 is 12.7. The van der Waals surface area contributed by atoms with Gasteiger partial charge < -0.3 is 9.80 Å². The van der Waals surface area contributed by atoms with Gasteiger partial charge in [-0.25, -0.2) is 0 Å². The van der Waals surface area contributed by atoms with Crippen LogP contribution >= 0.6 is 35.6 Å². The molecule has 2 saturated heterocycles. The summed E-state index contributed by atoms with van der Waals surface area (Å²) in [5.74, 6) is 1.26. The summed E-state index contributed by atoms with van der Waals surface area (Å²) in [4.78, 5) is 18.4. The number of carbonyl (C=O) groups excluding carboxylic acids is 1. The molecule has 2 fully saturated rings.